The molecule has 0 spiro atoms. The van der Waals surface area contributed by atoms with Gasteiger partial charge in [-0.05, 0) is 43.2 Å². The van der Waals surface area contributed by atoms with Crippen molar-refractivity contribution in [1.82, 2.24) is 10.2 Å². The lowest BCUT2D eigenvalue weighted by Gasteiger charge is -2.16. The van der Waals surface area contributed by atoms with E-state index < -0.39 is 5.92 Å². The molecule has 1 heterocycles. The first kappa shape index (κ1) is 13.0. The van der Waals surface area contributed by atoms with Crippen molar-refractivity contribution in [3.63, 3.8) is 0 Å². The molecule has 0 saturated heterocycles. The Morgan fingerprint density at radius 3 is 2.68 bits per heavy atom. The molecule has 1 aromatic carbocycles. The van der Waals surface area contributed by atoms with Crippen LogP contribution in [0.15, 0.2) is 30.5 Å². The fourth-order valence-electron chi connectivity index (χ4n) is 2.22. The molecule has 1 unspecified atom stereocenters. The first-order chi connectivity index (χ1) is 9.17. The van der Waals surface area contributed by atoms with E-state index in [2.05, 4.69) is 16.3 Å². The Morgan fingerprint density at radius 2 is 2.11 bits per heavy atom. The van der Waals surface area contributed by atoms with E-state index in [0.717, 1.165) is 22.4 Å². The minimum Gasteiger partial charge on any atom is -0.496 e. The predicted octanol–water partition coefficient (Wildman–Crippen LogP) is 2.76. The molecule has 4 nitrogen and oxygen atoms in total. The maximum absolute atomic E-state index is 9.47. The summed E-state index contributed by atoms with van der Waals surface area (Å²) in [6.45, 7) is 3.98. The average Bonchev–Trinajstić information content (AvgIpc) is 2.42. The van der Waals surface area contributed by atoms with Gasteiger partial charge in [-0.2, -0.15) is 15.5 Å². The largest absolute Gasteiger partial charge is 0.496 e. The molecule has 0 aliphatic heterocycles. The standard InChI is InChI=1S/C15H15N3O/c1-10-7-11(2)15(14(8-10)19-3)12(9-16)13-5-4-6-17-18-13/h4-8,12H,1-3H3. The maximum Gasteiger partial charge on any atom is 0.124 e. The quantitative estimate of drug-likeness (QED) is 0.844. The highest BCUT2D eigenvalue weighted by molar-refractivity contribution is 5.50. The Kier molecular flexibility index (Phi) is 3.76. The van der Waals surface area contributed by atoms with E-state index in [-0.39, 0.29) is 0 Å². The summed E-state index contributed by atoms with van der Waals surface area (Å²) >= 11 is 0. The number of nitrogens with zero attached hydrogens (tertiary/aromatic N) is 3. The van der Waals surface area contributed by atoms with E-state index in [4.69, 9.17) is 4.74 Å². The Balaban J connectivity index is 2.60. The van der Waals surface area contributed by atoms with Gasteiger partial charge in [-0.15, -0.1) is 0 Å². The molecule has 0 aliphatic carbocycles. The second-order valence-corrected chi connectivity index (χ2v) is 4.41. The van der Waals surface area contributed by atoms with Crippen LogP contribution in [0.1, 0.15) is 28.3 Å². The van der Waals surface area contributed by atoms with Crippen molar-refractivity contribution in [1.29, 1.82) is 5.26 Å². The number of hydrogen-bond acceptors (Lipinski definition) is 4. The van der Waals surface area contributed by atoms with Crippen LogP contribution >= 0.6 is 0 Å². The first-order valence-electron chi connectivity index (χ1n) is 5.99. The molecule has 2 rings (SSSR count). The van der Waals surface area contributed by atoms with Crippen molar-refractivity contribution < 1.29 is 4.74 Å². The third-order valence-corrected chi connectivity index (χ3v) is 3.02. The minimum absolute atomic E-state index is 0.468. The molecule has 0 amide bonds. The van der Waals surface area contributed by atoms with E-state index in [1.165, 1.54) is 0 Å². The summed E-state index contributed by atoms with van der Waals surface area (Å²) < 4.78 is 5.41. The monoisotopic (exact) mass is 253 g/mol. The van der Waals surface area contributed by atoms with E-state index in [0.29, 0.717) is 5.69 Å². The van der Waals surface area contributed by atoms with Gasteiger partial charge in [0.05, 0.1) is 18.9 Å². The zero-order valence-corrected chi connectivity index (χ0v) is 11.2. The summed E-state index contributed by atoms with van der Waals surface area (Å²) in [5, 5.41) is 17.4. The fraction of sp³-hybridized carbons (Fsp3) is 0.267. The van der Waals surface area contributed by atoms with Crippen molar-refractivity contribution >= 4 is 0 Å². The molecule has 0 N–H and O–H groups in total. The number of benzene rings is 1. The number of ether oxygens (including phenoxy) is 1. The lowest BCUT2D eigenvalue weighted by Crippen LogP contribution is -2.06. The van der Waals surface area contributed by atoms with E-state index in [1.54, 1.807) is 25.4 Å². The average molecular weight is 253 g/mol. The van der Waals surface area contributed by atoms with E-state index >= 15 is 0 Å². The Labute approximate surface area is 112 Å². The summed E-state index contributed by atoms with van der Waals surface area (Å²) in [6.07, 6.45) is 1.59. The zero-order chi connectivity index (χ0) is 13.8. The van der Waals surface area contributed by atoms with Crippen LogP contribution in [0.5, 0.6) is 5.75 Å². The molecule has 4 heteroatoms. The van der Waals surface area contributed by atoms with E-state index in [1.807, 2.05) is 26.0 Å². The van der Waals surface area contributed by atoms with Crippen molar-refractivity contribution in [2.24, 2.45) is 0 Å². The number of aryl methyl sites for hydroxylation is 2. The van der Waals surface area contributed by atoms with Crippen molar-refractivity contribution in [2.45, 2.75) is 19.8 Å². The van der Waals surface area contributed by atoms with Crippen molar-refractivity contribution in [3.05, 3.63) is 52.8 Å². The molecule has 96 valence electrons. The van der Waals surface area contributed by atoms with Crippen LogP contribution in [-0.4, -0.2) is 17.3 Å². The molecule has 0 radical (unpaired) electrons. The van der Waals surface area contributed by atoms with Crippen LogP contribution in [0.2, 0.25) is 0 Å². The molecule has 1 atom stereocenters. The van der Waals surface area contributed by atoms with Gasteiger partial charge < -0.3 is 4.74 Å². The molecule has 1 aromatic heterocycles. The Morgan fingerprint density at radius 1 is 1.32 bits per heavy atom. The van der Waals surface area contributed by atoms with E-state index in [9.17, 15) is 5.26 Å². The van der Waals surface area contributed by atoms with Gasteiger partial charge in [0.15, 0.2) is 0 Å². The molecular formula is C15H15N3O. The SMILES string of the molecule is COc1cc(C)cc(C)c1C(C#N)c1cccnn1. The Hall–Kier alpha value is -2.41. The van der Waals surface area contributed by atoms with Gasteiger partial charge in [-0.25, -0.2) is 0 Å². The van der Waals surface area contributed by atoms with Gasteiger partial charge >= 0.3 is 0 Å². The number of aromatic nitrogens is 2. The van der Waals surface area contributed by atoms with Gasteiger partial charge in [0.2, 0.25) is 0 Å². The summed E-state index contributed by atoms with van der Waals surface area (Å²) in [6, 6.07) is 9.85. The highest BCUT2D eigenvalue weighted by atomic mass is 16.5. The topological polar surface area (TPSA) is 58.8 Å². The van der Waals surface area contributed by atoms with Gasteiger partial charge in [0.25, 0.3) is 0 Å². The van der Waals surface area contributed by atoms with Crippen LogP contribution in [0.4, 0.5) is 0 Å². The van der Waals surface area contributed by atoms with Crippen LogP contribution in [0.3, 0.4) is 0 Å². The van der Waals surface area contributed by atoms with Crippen LogP contribution in [0, 0.1) is 25.2 Å². The normalized spacial score (nSPS) is 11.7. The molecule has 0 fully saturated rings. The summed E-state index contributed by atoms with van der Waals surface area (Å²) in [4.78, 5) is 0. The third-order valence-electron chi connectivity index (χ3n) is 3.02. The molecule has 2 aromatic rings. The van der Waals surface area contributed by atoms with Crippen molar-refractivity contribution in [2.75, 3.05) is 7.11 Å². The van der Waals surface area contributed by atoms with Gasteiger partial charge in [-0.1, -0.05) is 6.07 Å². The lowest BCUT2D eigenvalue weighted by molar-refractivity contribution is 0.408. The van der Waals surface area contributed by atoms with Crippen LogP contribution in [0.25, 0.3) is 0 Å². The Bertz CT molecular complexity index is 617. The van der Waals surface area contributed by atoms with Crippen LogP contribution < -0.4 is 4.74 Å². The molecule has 0 aliphatic rings. The van der Waals surface area contributed by atoms with Gasteiger partial charge in [0.1, 0.15) is 11.7 Å². The number of methoxy groups -OCH3 is 1. The summed E-state index contributed by atoms with van der Waals surface area (Å²) in [5.41, 5.74) is 3.62. The predicted molar refractivity (Wildman–Crippen MR) is 72.0 cm³/mol. The highest BCUT2D eigenvalue weighted by Crippen LogP contribution is 2.34. The fourth-order valence-corrected chi connectivity index (χ4v) is 2.22. The number of hydrogen-bond donors (Lipinski definition) is 0. The molecular weight excluding hydrogens is 238 g/mol. The van der Waals surface area contributed by atoms with Gasteiger partial charge in [-0.3, -0.25) is 0 Å². The smallest absolute Gasteiger partial charge is 0.124 e. The second-order valence-electron chi connectivity index (χ2n) is 4.41. The minimum atomic E-state index is -0.468. The van der Waals surface area contributed by atoms with Crippen molar-refractivity contribution in [3.8, 4) is 11.8 Å². The summed E-state index contributed by atoms with van der Waals surface area (Å²) in [7, 11) is 1.61. The molecule has 19 heavy (non-hydrogen) atoms. The summed E-state index contributed by atoms with van der Waals surface area (Å²) in [5.74, 6) is 0.249. The molecule has 0 saturated carbocycles. The second kappa shape index (κ2) is 5.49. The number of nitriles is 1. The molecule has 0 bridgehead atoms. The third kappa shape index (κ3) is 2.55. The maximum atomic E-state index is 9.47. The van der Waals surface area contributed by atoms with Gasteiger partial charge in [0, 0.05) is 11.8 Å². The van der Waals surface area contributed by atoms with Crippen LogP contribution in [-0.2, 0) is 0 Å². The number of rotatable bonds is 3. The highest BCUT2D eigenvalue weighted by Gasteiger charge is 2.22. The lowest BCUT2D eigenvalue weighted by atomic mass is 9.91. The first-order valence-corrected chi connectivity index (χ1v) is 5.99. The zero-order valence-electron chi connectivity index (χ0n) is 11.2.